The van der Waals surface area contributed by atoms with E-state index in [1.807, 2.05) is 7.05 Å². The minimum absolute atomic E-state index is 0.0740. The number of carboxylic acids is 1. The zero-order valence-corrected chi connectivity index (χ0v) is 9.19. The normalized spacial score (nSPS) is 28.2. The minimum atomic E-state index is -0.963. The minimum Gasteiger partial charge on any atom is -0.476 e. The van der Waals surface area contributed by atoms with Crippen LogP contribution in [-0.4, -0.2) is 41.8 Å². The topological polar surface area (TPSA) is 78.4 Å². The van der Waals surface area contributed by atoms with E-state index in [0.717, 1.165) is 12.8 Å². The lowest BCUT2D eigenvalue weighted by Crippen LogP contribution is -2.57. The third kappa shape index (κ3) is 2.33. The van der Waals surface area contributed by atoms with Crippen molar-refractivity contribution in [3.8, 4) is 0 Å². The molecule has 0 saturated heterocycles. The lowest BCUT2D eigenvalue weighted by molar-refractivity contribution is -0.938. The SMILES string of the molecule is C[N+]1(CNC(=O)C2CC2)CC=C(C(=O)O)N1. The van der Waals surface area contributed by atoms with E-state index in [4.69, 9.17) is 5.11 Å². The summed E-state index contributed by atoms with van der Waals surface area (Å²) in [5.74, 6) is -0.707. The van der Waals surface area contributed by atoms with Crippen molar-refractivity contribution in [2.24, 2.45) is 5.92 Å². The Hall–Kier alpha value is -1.56. The van der Waals surface area contributed by atoms with Crippen molar-refractivity contribution < 1.29 is 19.3 Å². The summed E-state index contributed by atoms with van der Waals surface area (Å²) < 4.78 is 0.306. The van der Waals surface area contributed by atoms with E-state index < -0.39 is 5.97 Å². The molecule has 16 heavy (non-hydrogen) atoms. The molecule has 0 bridgehead atoms. The highest BCUT2D eigenvalue weighted by Gasteiger charge is 2.34. The van der Waals surface area contributed by atoms with Gasteiger partial charge in [-0.05, 0) is 12.8 Å². The van der Waals surface area contributed by atoms with E-state index >= 15 is 0 Å². The zero-order valence-electron chi connectivity index (χ0n) is 9.19. The maximum absolute atomic E-state index is 11.4. The first-order valence-corrected chi connectivity index (χ1v) is 5.34. The molecule has 6 nitrogen and oxygen atoms in total. The van der Waals surface area contributed by atoms with Gasteiger partial charge in [0.25, 0.3) is 0 Å². The molecule has 0 aromatic carbocycles. The van der Waals surface area contributed by atoms with Crippen molar-refractivity contribution in [1.82, 2.24) is 10.7 Å². The number of quaternary nitrogens is 1. The lowest BCUT2D eigenvalue weighted by Gasteiger charge is -2.28. The van der Waals surface area contributed by atoms with Crippen molar-refractivity contribution in [2.75, 3.05) is 20.3 Å². The van der Waals surface area contributed by atoms with Crippen LogP contribution in [0.4, 0.5) is 0 Å². The molecule has 0 aromatic rings. The number of nitrogens with zero attached hydrogens (tertiary/aromatic N) is 1. The summed E-state index contributed by atoms with van der Waals surface area (Å²) in [7, 11) is 1.85. The first kappa shape index (κ1) is 10.9. The van der Waals surface area contributed by atoms with Crippen LogP contribution in [0, 0.1) is 5.92 Å². The molecule has 1 aliphatic carbocycles. The van der Waals surface area contributed by atoms with Crippen LogP contribution in [-0.2, 0) is 9.59 Å². The van der Waals surface area contributed by atoms with Gasteiger partial charge in [-0.3, -0.25) is 4.79 Å². The number of likely N-dealkylation sites (N-methyl/N-ethyl adjacent to an activating group) is 1. The number of amides is 1. The van der Waals surface area contributed by atoms with Crippen LogP contribution in [0.25, 0.3) is 0 Å². The highest BCUT2D eigenvalue weighted by Crippen LogP contribution is 2.28. The summed E-state index contributed by atoms with van der Waals surface area (Å²) in [6.45, 7) is 0.967. The number of carbonyl (C=O) groups excluding carboxylic acids is 1. The number of hydrogen-bond donors (Lipinski definition) is 3. The molecule has 6 heteroatoms. The van der Waals surface area contributed by atoms with Gasteiger partial charge in [0.05, 0.1) is 7.05 Å². The Labute approximate surface area is 93.5 Å². The molecule has 0 radical (unpaired) electrons. The van der Waals surface area contributed by atoms with Crippen LogP contribution < -0.4 is 10.7 Å². The second-order valence-electron chi connectivity index (χ2n) is 4.59. The summed E-state index contributed by atoms with van der Waals surface area (Å²) in [5, 5.41) is 11.6. The number of rotatable bonds is 4. The fourth-order valence-electron chi connectivity index (χ4n) is 1.66. The van der Waals surface area contributed by atoms with Gasteiger partial charge in [0.1, 0.15) is 6.54 Å². The van der Waals surface area contributed by atoms with Gasteiger partial charge in [-0.25, -0.2) is 14.8 Å². The van der Waals surface area contributed by atoms with Gasteiger partial charge in [-0.2, -0.15) is 0 Å². The smallest absolute Gasteiger partial charge is 0.357 e. The van der Waals surface area contributed by atoms with Crippen molar-refractivity contribution in [3.63, 3.8) is 0 Å². The highest BCUT2D eigenvalue weighted by molar-refractivity contribution is 5.85. The van der Waals surface area contributed by atoms with Gasteiger partial charge in [0.15, 0.2) is 12.4 Å². The summed E-state index contributed by atoms with van der Waals surface area (Å²) in [4.78, 5) is 22.2. The molecule has 88 valence electrons. The molecule has 1 heterocycles. The predicted octanol–water partition coefficient (Wildman–Crippen LogP) is -0.597. The van der Waals surface area contributed by atoms with Crippen LogP contribution in [0.1, 0.15) is 12.8 Å². The van der Waals surface area contributed by atoms with Crippen LogP contribution in [0.15, 0.2) is 11.8 Å². The van der Waals surface area contributed by atoms with Gasteiger partial charge in [0.2, 0.25) is 5.91 Å². The van der Waals surface area contributed by atoms with E-state index in [-0.39, 0.29) is 17.5 Å². The third-order valence-corrected chi connectivity index (χ3v) is 2.87. The fourth-order valence-corrected chi connectivity index (χ4v) is 1.66. The van der Waals surface area contributed by atoms with Gasteiger partial charge in [-0.1, -0.05) is 0 Å². The van der Waals surface area contributed by atoms with Crippen LogP contribution >= 0.6 is 0 Å². The summed E-state index contributed by atoms with van der Waals surface area (Å²) in [5.41, 5.74) is 3.06. The molecular weight excluding hydrogens is 210 g/mol. The molecule has 0 spiro atoms. The first-order valence-electron chi connectivity index (χ1n) is 5.34. The van der Waals surface area contributed by atoms with Crippen LogP contribution in [0.5, 0.6) is 0 Å². The number of carbonyl (C=O) groups is 2. The average molecular weight is 226 g/mol. The second kappa shape index (κ2) is 3.79. The number of aliphatic carboxylic acids is 1. The molecular formula is C10H16N3O3+. The first-order chi connectivity index (χ1) is 7.50. The van der Waals surface area contributed by atoms with Crippen molar-refractivity contribution >= 4 is 11.9 Å². The molecule has 1 amide bonds. The maximum Gasteiger partial charge on any atom is 0.357 e. The maximum atomic E-state index is 11.4. The Morgan fingerprint density at radius 2 is 2.31 bits per heavy atom. The molecule has 1 unspecified atom stereocenters. The Bertz CT molecular complexity index is 362. The summed E-state index contributed by atoms with van der Waals surface area (Å²) in [6.07, 6.45) is 3.58. The van der Waals surface area contributed by atoms with E-state index in [9.17, 15) is 9.59 Å². The highest BCUT2D eigenvalue weighted by atomic mass is 16.4. The van der Waals surface area contributed by atoms with Gasteiger partial charge in [0, 0.05) is 12.0 Å². The summed E-state index contributed by atoms with van der Waals surface area (Å²) >= 11 is 0. The number of carboxylic acid groups (broad SMARTS) is 1. The van der Waals surface area contributed by atoms with Crippen molar-refractivity contribution in [1.29, 1.82) is 0 Å². The molecule has 1 fully saturated rings. The second-order valence-corrected chi connectivity index (χ2v) is 4.59. The van der Waals surface area contributed by atoms with Crippen molar-refractivity contribution in [2.45, 2.75) is 12.8 Å². The van der Waals surface area contributed by atoms with Crippen LogP contribution in [0.3, 0.4) is 0 Å². The third-order valence-electron chi connectivity index (χ3n) is 2.87. The van der Waals surface area contributed by atoms with Crippen LogP contribution in [0.2, 0.25) is 0 Å². The van der Waals surface area contributed by atoms with E-state index in [1.54, 1.807) is 6.08 Å². The van der Waals surface area contributed by atoms with Gasteiger partial charge < -0.3 is 10.4 Å². The molecule has 3 N–H and O–H groups in total. The number of hydrogen-bond acceptors (Lipinski definition) is 3. The Balaban J connectivity index is 1.81. The van der Waals surface area contributed by atoms with Crippen molar-refractivity contribution in [3.05, 3.63) is 11.8 Å². The quantitative estimate of drug-likeness (QED) is 0.559. The Morgan fingerprint density at radius 1 is 1.62 bits per heavy atom. The lowest BCUT2D eigenvalue weighted by atomic mass is 10.4. The molecule has 0 aromatic heterocycles. The number of nitrogens with one attached hydrogen (secondary N) is 2. The van der Waals surface area contributed by atoms with Gasteiger partial charge >= 0.3 is 5.97 Å². The van der Waals surface area contributed by atoms with E-state index in [2.05, 4.69) is 10.7 Å². The molecule has 1 saturated carbocycles. The van der Waals surface area contributed by atoms with E-state index in [0.29, 0.717) is 17.8 Å². The average Bonchev–Trinajstić information content (AvgIpc) is 2.99. The fraction of sp³-hybridized carbons (Fsp3) is 0.600. The van der Waals surface area contributed by atoms with Gasteiger partial charge in [-0.15, -0.1) is 0 Å². The molecule has 2 rings (SSSR count). The molecule has 2 aliphatic rings. The monoisotopic (exact) mass is 226 g/mol. The predicted molar refractivity (Wildman–Crippen MR) is 55.6 cm³/mol. The van der Waals surface area contributed by atoms with E-state index in [1.165, 1.54) is 0 Å². The summed E-state index contributed by atoms with van der Waals surface area (Å²) in [6, 6.07) is 0. The molecule has 1 atom stereocenters. The zero-order chi connectivity index (χ0) is 11.8. The Kier molecular flexibility index (Phi) is 2.59. The standard InChI is InChI=1S/C10H15N3O3/c1-13(5-4-8(12-13)10(15)16)6-11-9(14)7-2-3-7/h4,7,12H,2-3,5-6H2,1H3,(H-,11,14,15,16)/p+1. The largest absolute Gasteiger partial charge is 0.476 e. The molecule has 1 aliphatic heterocycles. The Morgan fingerprint density at radius 3 is 2.81 bits per heavy atom.